The van der Waals surface area contributed by atoms with Crippen molar-refractivity contribution in [2.45, 2.75) is 13.5 Å². The summed E-state index contributed by atoms with van der Waals surface area (Å²) in [6.45, 7) is 2.05. The lowest BCUT2D eigenvalue weighted by atomic mass is 10.3. The van der Waals surface area contributed by atoms with Gasteiger partial charge in [0.1, 0.15) is 12.4 Å². The molecule has 0 spiro atoms. The highest BCUT2D eigenvalue weighted by molar-refractivity contribution is 5.92. The van der Waals surface area contributed by atoms with E-state index in [1.165, 1.54) is 0 Å². The van der Waals surface area contributed by atoms with Crippen LogP contribution in [-0.4, -0.2) is 22.7 Å². The lowest BCUT2D eigenvalue weighted by molar-refractivity contribution is -0.119. The van der Waals surface area contributed by atoms with Crippen LogP contribution >= 0.6 is 0 Å². The monoisotopic (exact) mass is 244 g/mol. The molecule has 18 heavy (non-hydrogen) atoms. The number of hydrogen-bond acceptors (Lipinski definition) is 3. The Labute approximate surface area is 106 Å². The molecule has 2 aromatic rings. The summed E-state index contributed by atoms with van der Waals surface area (Å²) in [5.41, 5.74) is 7.39. The fourth-order valence-electron chi connectivity index (χ4n) is 1.66. The maximum atomic E-state index is 12.1. The minimum atomic E-state index is -0.0382. The summed E-state index contributed by atoms with van der Waals surface area (Å²) < 4.78 is 1.56. The zero-order chi connectivity index (χ0) is 13.1. The Balaban J connectivity index is 2.08. The number of amides is 1. The molecule has 0 unspecified atom stereocenters. The van der Waals surface area contributed by atoms with Crippen molar-refractivity contribution in [3.63, 3.8) is 0 Å². The number of aryl methyl sites for hydroxylation is 1. The third-order valence-corrected chi connectivity index (χ3v) is 2.80. The van der Waals surface area contributed by atoms with Crippen LogP contribution in [0.1, 0.15) is 5.56 Å². The second-order valence-electron chi connectivity index (χ2n) is 4.18. The van der Waals surface area contributed by atoms with Crippen molar-refractivity contribution >= 4 is 17.4 Å². The minimum absolute atomic E-state index is 0.0382. The molecule has 0 aliphatic carbocycles. The quantitative estimate of drug-likeness (QED) is 0.888. The van der Waals surface area contributed by atoms with Gasteiger partial charge in [-0.2, -0.15) is 5.10 Å². The topological polar surface area (TPSA) is 64.2 Å². The molecule has 0 bridgehead atoms. The first-order chi connectivity index (χ1) is 8.58. The smallest absolute Gasteiger partial charge is 0.248 e. The minimum Gasteiger partial charge on any atom is -0.382 e. The van der Waals surface area contributed by atoms with Gasteiger partial charge in [-0.15, -0.1) is 0 Å². The van der Waals surface area contributed by atoms with Crippen molar-refractivity contribution in [3.8, 4) is 0 Å². The molecule has 1 heterocycles. The maximum absolute atomic E-state index is 12.1. The molecular weight excluding hydrogens is 228 g/mol. The number of nitrogen functional groups attached to an aromatic ring is 1. The Morgan fingerprint density at radius 3 is 2.61 bits per heavy atom. The molecule has 0 saturated heterocycles. The number of anilines is 2. The van der Waals surface area contributed by atoms with Crippen molar-refractivity contribution in [3.05, 3.63) is 42.1 Å². The van der Waals surface area contributed by atoms with Crippen LogP contribution in [0.15, 0.2) is 36.5 Å². The van der Waals surface area contributed by atoms with Crippen molar-refractivity contribution in [2.24, 2.45) is 0 Å². The molecule has 2 rings (SSSR count). The first-order valence-corrected chi connectivity index (χ1v) is 5.69. The van der Waals surface area contributed by atoms with Crippen molar-refractivity contribution in [2.75, 3.05) is 17.7 Å². The molecular formula is C13H16N4O. The number of likely N-dealkylation sites (N-methyl/N-ethyl adjacent to an activating group) is 1. The zero-order valence-corrected chi connectivity index (χ0v) is 10.5. The fraction of sp³-hybridized carbons (Fsp3) is 0.231. The Bertz CT molecular complexity index is 528. The summed E-state index contributed by atoms with van der Waals surface area (Å²) in [7, 11) is 1.75. The van der Waals surface area contributed by atoms with Gasteiger partial charge in [-0.25, -0.2) is 0 Å². The molecule has 0 aliphatic rings. The molecule has 2 N–H and O–H groups in total. The second kappa shape index (κ2) is 4.91. The van der Waals surface area contributed by atoms with Gasteiger partial charge in [0, 0.05) is 24.5 Å². The molecule has 1 aromatic heterocycles. The van der Waals surface area contributed by atoms with Crippen LogP contribution in [0, 0.1) is 6.92 Å². The van der Waals surface area contributed by atoms with Crippen LogP contribution in [0.2, 0.25) is 0 Å². The summed E-state index contributed by atoms with van der Waals surface area (Å²) >= 11 is 0. The SMILES string of the molecule is Cc1cn(CC(=O)N(C)c2ccccc2)nc1N. The summed E-state index contributed by atoms with van der Waals surface area (Å²) in [5.74, 6) is 0.425. The molecule has 0 saturated carbocycles. The maximum Gasteiger partial charge on any atom is 0.248 e. The molecule has 0 fully saturated rings. The largest absolute Gasteiger partial charge is 0.382 e. The Kier molecular flexibility index (Phi) is 3.32. The zero-order valence-electron chi connectivity index (χ0n) is 10.5. The van der Waals surface area contributed by atoms with E-state index in [0.717, 1.165) is 11.3 Å². The van der Waals surface area contributed by atoms with Gasteiger partial charge >= 0.3 is 0 Å². The number of hydrogen-bond donors (Lipinski definition) is 1. The second-order valence-corrected chi connectivity index (χ2v) is 4.18. The van der Waals surface area contributed by atoms with Crippen molar-refractivity contribution in [1.82, 2.24) is 9.78 Å². The lowest BCUT2D eigenvalue weighted by Crippen LogP contribution is -2.30. The van der Waals surface area contributed by atoms with Gasteiger partial charge in [0.15, 0.2) is 0 Å². The predicted octanol–water partition coefficient (Wildman–Crippen LogP) is 1.44. The highest BCUT2D eigenvalue weighted by Gasteiger charge is 2.12. The molecule has 5 nitrogen and oxygen atoms in total. The van der Waals surface area contributed by atoms with Gasteiger partial charge in [0.05, 0.1) is 0 Å². The first-order valence-electron chi connectivity index (χ1n) is 5.69. The van der Waals surface area contributed by atoms with Gasteiger partial charge in [0.25, 0.3) is 0 Å². The third-order valence-electron chi connectivity index (χ3n) is 2.80. The average molecular weight is 244 g/mol. The number of carbonyl (C=O) groups excluding carboxylic acids is 1. The summed E-state index contributed by atoms with van der Waals surface area (Å²) in [6, 6.07) is 9.49. The number of benzene rings is 1. The van der Waals surface area contributed by atoms with E-state index in [0.29, 0.717) is 5.82 Å². The first kappa shape index (κ1) is 12.2. The number of nitrogens with two attached hydrogens (primary N) is 1. The number of para-hydroxylation sites is 1. The fourth-order valence-corrected chi connectivity index (χ4v) is 1.66. The van der Waals surface area contributed by atoms with Crippen molar-refractivity contribution in [1.29, 1.82) is 0 Å². The van der Waals surface area contributed by atoms with Crippen molar-refractivity contribution < 1.29 is 4.79 Å². The number of nitrogens with zero attached hydrogens (tertiary/aromatic N) is 3. The Morgan fingerprint density at radius 1 is 1.39 bits per heavy atom. The summed E-state index contributed by atoms with van der Waals surface area (Å²) in [6.07, 6.45) is 1.77. The third kappa shape index (κ3) is 2.51. The predicted molar refractivity (Wildman–Crippen MR) is 71.2 cm³/mol. The van der Waals surface area contributed by atoms with E-state index in [1.807, 2.05) is 37.3 Å². The van der Waals surface area contributed by atoms with Gasteiger partial charge in [-0.05, 0) is 19.1 Å². The van der Waals surface area contributed by atoms with Crippen LogP contribution in [0.25, 0.3) is 0 Å². The average Bonchev–Trinajstić information content (AvgIpc) is 2.68. The number of carbonyl (C=O) groups is 1. The van der Waals surface area contributed by atoms with Crippen LogP contribution in [0.4, 0.5) is 11.5 Å². The van der Waals surface area contributed by atoms with E-state index >= 15 is 0 Å². The molecule has 0 radical (unpaired) electrons. The number of rotatable bonds is 3. The van der Waals surface area contributed by atoms with Crippen LogP contribution in [0.5, 0.6) is 0 Å². The normalized spacial score (nSPS) is 10.3. The summed E-state index contributed by atoms with van der Waals surface area (Å²) in [5, 5.41) is 4.07. The number of aromatic nitrogens is 2. The van der Waals surface area contributed by atoms with Gasteiger partial charge in [-0.1, -0.05) is 18.2 Å². The lowest BCUT2D eigenvalue weighted by Gasteiger charge is -2.17. The van der Waals surface area contributed by atoms with Gasteiger partial charge < -0.3 is 10.6 Å². The van der Waals surface area contributed by atoms with E-state index in [2.05, 4.69) is 5.10 Å². The van der Waals surface area contributed by atoms with Crippen LogP contribution < -0.4 is 10.6 Å². The Morgan fingerprint density at radius 2 is 2.06 bits per heavy atom. The van der Waals surface area contributed by atoms with Crippen LogP contribution in [-0.2, 0) is 11.3 Å². The van der Waals surface area contributed by atoms with E-state index < -0.39 is 0 Å². The highest BCUT2D eigenvalue weighted by Crippen LogP contribution is 2.12. The summed E-state index contributed by atoms with van der Waals surface area (Å²) in [4.78, 5) is 13.7. The highest BCUT2D eigenvalue weighted by atomic mass is 16.2. The molecule has 0 atom stereocenters. The van der Waals surface area contributed by atoms with E-state index in [1.54, 1.807) is 22.8 Å². The van der Waals surface area contributed by atoms with E-state index in [4.69, 9.17) is 5.73 Å². The van der Waals surface area contributed by atoms with E-state index in [-0.39, 0.29) is 12.5 Å². The van der Waals surface area contributed by atoms with Crippen LogP contribution in [0.3, 0.4) is 0 Å². The molecule has 94 valence electrons. The Hall–Kier alpha value is -2.30. The van der Waals surface area contributed by atoms with E-state index in [9.17, 15) is 4.79 Å². The molecule has 1 aromatic carbocycles. The molecule has 1 amide bonds. The van der Waals surface area contributed by atoms with Gasteiger partial charge in [0.2, 0.25) is 5.91 Å². The standard InChI is InChI=1S/C13H16N4O/c1-10-8-17(15-13(10)14)9-12(18)16(2)11-6-4-3-5-7-11/h3-8H,9H2,1-2H3,(H2,14,15). The van der Waals surface area contributed by atoms with Gasteiger partial charge in [-0.3, -0.25) is 9.48 Å². The molecule has 5 heteroatoms. The molecule has 0 aliphatic heterocycles.